The second kappa shape index (κ2) is 3.89. The minimum Gasteiger partial charge on any atom is -0.390 e. The Bertz CT molecular complexity index is 648. The standard InChI is InChI=1S/C11H12N4O2S/c1-11(2,16)5-8-13-9(17-14-8)7-6-15-3-4-18-10(15)12-7/h3-4,6,16H,5H2,1-2H3. The molecule has 0 saturated heterocycles. The maximum atomic E-state index is 9.69. The fraction of sp³-hybridized carbons (Fsp3) is 0.364. The highest BCUT2D eigenvalue weighted by atomic mass is 32.1. The lowest BCUT2D eigenvalue weighted by Gasteiger charge is -2.12. The summed E-state index contributed by atoms with van der Waals surface area (Å²) in [6.45, 7) is 3.41. The molecule has 0 saturated carbocycles. The maximum Gasteiger partial charge on any atom is 0.278 e. The van der Waals surface area contributed by atoms with Crippen molar-refractivity contribution in [3.8, 4) is 11.6 Å². The van der Waals surface area contributed by atoms with Crippen molar-refractivity contribution in [1.82, 2.24) is 19.5 Å². The Labute approximate surface area is 107 Å². The third-order valence-corrected chi connectivity index (χ3v) is 3.14. The van der Waals surface area contributed by atoms with Gasteiger partial charge in [0.1, 0.15) is 5.69 Å². The van der Waals surface area contributed by atoms with Gasteiger partial charge in [-0.25, -0.2) is 4.98 Å². The highest BCUT2D eigenvalue weighted by molar-refractivity contribution is 7.15. The zero-order valence-corrected chi connectivity index (χ0v) is 10.8. The van der Waals surface area contributed by atoms with Crippen LogP contribution >= 0.6 is 11.3 Å². The topological polar surface area (TPSA) is 76.5 Å². The molecule has 3 heterocycles. The molecule has 7 heteroatoms. The fourth-order valence-corrected chi connectivity index (χ4v) is 2.35. The number of nitrogens with zero attached hydrogens (tertiary/aromatic N) is 4. The zero-order chi connectivity index (χ0) is 12.8. The smallest absolute Gasteiger partial charge is 0.278 e. The Morgan fingerprint density at radius 3 is 3.00 bits per heavy atom. The lowest BCUT2D eigenvalue weighted by Crippen LogP contribution is -2.22. The van der Waals surface area contributed by atoms with E-state index in [9.17, 15) is 5.11 Å². The van der Waals surface area contributed by atoms with Gasteiger partial charge >= 0.3 is 0 Å². The van der Waals surface area contributed by atoms with Gasteiger partial charge in [0.05, 0.1) is 5.60 Å². The molecule has 0 atom stereocenters. The predicted octanol–water partition coefficient (Wildman–Crippen LogP) is 1.76. The van der Waals surface area contributed by atoms with E-state index in [2.05, 4.69) is 15.1 Å². The molecule has 0 unspecified atom stereocenters. The van der Waals surface area contributed by atoms with Crippen LogP contribution in [-0.2, 0) is 6.42 Å². The highest BCUT2D eigenvalue weighted by Crippen LogP contribution is 2.20. The summed E-state index contributed by atoms with van der Waals surface area (Å²) in [5.41, 5.74) is -0.202. The largest absolute Gasteiger partial charge is 0.390 e. The summed E-state index contributed by atoms with van der Waals surface area (Å²) < 4.78 is 7.05. The van der Waals surface area contributed by atoms with Gasteiger partial charge in [-0.3, -0.25) is 4.40 Å². The van der Waals surface area contributed by atoms with E-state index in [0.717, 1.165) is 4.96 Å². The van der Waals surface area contributed by atoms with Crippen LogP contribution in [0.15, 0.2) is 22.3 Å². The highest BCUT2D eigenvalue weighted by Gasteiger charge is 2.19. The maximum absolute atomic E-state index is 9.69. The predicted molar refractivity (Wildman–Crippen MR) is 66.4 cm³/mol. The van der Waals surface area contributed by atoms with Crippen molar-refractivity contribution in [2.24, 2.45) is 0 Å². The molecule has 0 bridgehead atoms. The molecule has 0 aliphatic heterocycles. The first-order chi connectivity index (χ1) is 8.51. The van der Waals surface area contributed by atoms with Gasteiger partial charge in [-0.05, 0) is 13.8 Å². The van der Waals surface area contributed by atoms with Crippen LogP contribution in [0.1, 0.15) is 19.7 Å². The van der Waals surface area contributed by atoms with Crippen molar-refractivity contribution in [1.29, 1.82) is 0 Å². The third kappa shape index (κ3) is 2.14. The van der Waals surface area contributed by atoms with Gasteiger partial charge in [-0.1, -0.05) is 5.16 Å². The van der Waals surface area contributed by atoms with E-state index >= 15 is 0 Å². The second-order valence-corrected chi connectivity index (χ2v) is 5.60. The van der Waals surface area contributed by atoms with E-state index in [1.165, 1.54) is 0 Å². The average Bonchev–Trinajstić information content (AvgIpc) is 2.85. The summed E-state index contributed by atoms with van der Waals surface area (Å²) in [4.78, 5) is 9.49. The molecule has 0 amide bonds. The van der Waals surface area contributed by atoms with Crippen LogP contribution in [0.3, 0.4) is 0 Å². The lowest BCUT2D eigenvalue weighted by atomic mass is 10.1. The number of rotatable bonds is 3. The molecule has 0 spiro atoms. The molecule has 0 aromatic carbocycles. The van der Waals surface area contributed by atoms with E-state index in [1.54, 1.807) is 25.2 Å². The number of aliphatic hydroxyl groups is 1. The Hall–Kier alpha value is -1.73. The molecule has 18 heavy (non-hydrogen) atoms. The van der Waals surface area contributed by atoms with Crippen molar-refractivity contribution in [3.05, 3.63) is 23.6 Å². The van der Waals surface area contributed by atoms with Gasteiger partial charge in [0.2, 0.25) is 0 Å². The molecule has 3 aromatic heterocycles. The first-order valence-corrected chi connectivity index (χ1v) is 6.37. The summed E-state index contributed by atoms with van der Waals surface area (Å²) in [6, 6.07) is 0. The summed E-state index contributed by atoms with van der Waals surface area (Å²) in [6.07, 6.45) is 4.11. The van der Waals surface area contributed by atoms with E-state index in [-0.39, 0.29) is 0 Å². The Morgan fingerprint density at radius 2 is 2.28 bits per heavy atom. The first-order valence-electron chi connectivity index (χ1n) is 5.49. The number of hydrogen-bond acceptors (Lipinski definition) is 6. The molecule has 6 nitrogen and oxygen atoms in total. The van der Waals surface area contributed by atoms with E-state index in [1.807, 2.05) is 22.2 Å². The van der Waals surface area contributed by atoms with Gasteiger partial charge in [-0.15, -0.1) is 11.3 Å². The minimum atomic E-state index is -0.851. The van der Waals surface area contributed by atoms with E-state index in [0.29, 0.717) is 23.8 Å². The van der Waals surface area contributed by atoms with Crippen molar-refractivity contribution in [2.75, 3.05) is 0 Å². The van der Waals surface area contributed by atoms with Crippen molar-refractivity contribution in [3.63, 3.8) is 0 Å². The number of hydrogen-bond donors (Lipinski definition) is 1. The average molecular weight is 264 g/mol. The molecule has 3 rings (SSSR count). The van der Waals surface area contributed by atoms with E-state index < -0.39 is 5.60 Å². The summed E-state index contributed by atoms with van der Waals surface area (Å²) in [5.74, 6) is 0.860. The Balaban J connectivity index is 1.91. The zero-order valence-electron chi connectivity index (χ0n) is 9.99. The molecular formula is C11H12N4O2S. The minimum absolute atomic E-state index is 0.346. The van der Waals surface area contributed by atoms with Gasteiger partial charge in [0.15, 0.2) is 10.8 Å². The molecule has 0 fully saturated rings. The SMILES string of the molecule is CC(C)(O)Cc1noc(-c2cn3ccsc3n2)n1. The van der Waals surface area contributed by atoms with Crippen LogP contribution in [0.5, 0.6) is 0 Å². The molecular weight excluding hydrogens is 252 g/mol. The van der Waals surface area contributed by atoms with Crippen LogP contribution in [0.25, 0.3) is 16.5 Å². The summed E-state index contributed by atoms with van der Waals surface area (Å²) in [5, 5.41) is 15.5. The number of aromatic nitrogens is 4. The molecule has 0 radical (unpaired) electrons. The monoisotopic (exact) mass is 264 g/mol. The molecule has 1 N–H and O–H groups in total. The van der Waals surface area contributed by atoms with Gasteiger partial charge < -0.3 is 9.63 Å². The number of fused-ring (bicyclic) bond motifs is 1. The molecule has 0 aliphatic rings. The van der Waals surface area contributed by atoms with Crippen molar-refractivity contribution < 1.29 is 9.63 Å². The van der Waals surface area contributed by atoms with Crippen molar-refractivity contribution >= 4 is 16.3 Å². The van der Waals surface area contributed by atoms with Crippen LogP contribution in [0.2, 0.25) is 0 Å². The fourth-order valence-electron chi connectivity index (χ4n) is 1.65. The van der Waals surface area contributed by atoms with E-state index in [4.69, 9.17) is 4.52 Å². The molecule has 0 aliphatic carbocycles. The number of imidazole rings is 1. The normalized spacial score (nSPS) is 12.4. The lowest BCUT2D eigenvalue weighted by molar-refractivity contribution is 0.0781. The van der Waals surface area contributed by atoms with Gasteiger partial charge in [-0.2, -0.15) is 4.98 Å². The Morgan fingerprint density at radius 1 is 1.44 bits per heavy atom. The first kappa shape index (κ1) is 11.4. The molecule has 94 valence electrons. The third-order valence-electron chi connectivity index (χ3n) is 2.37. The van der Waals surface area contributed by atoms with Crippen LogP contribution in [-0.4, -0.2) is 30.2 Å². The number of thiazole rings is 1. The van der Waals surface area contributed by atoms with Crippen molar-refractivity contribution in [2.45, 2.75) is 25.9 Å². The molecule has 3 aromatic rings. The quantitative estimate of drug-likeness (QED) is 0.780. The van der Waals surface area contributed by atoms with Gasteiger partial charge in [0.25, 0.3) is 5.89 Å². The van der Waals surface area contributed by atoms with Crippen LogP contribution in [0.4, 0.5) is 0 Å². The van der Waals surface area contributed by atoms with Crippen LogP contribution in [0, 0.1) is 0 Å². The second-order valence-electron chi connectivity index (χ2n) is 4.72. The Kier molecular flexibility index (Phi) is 2.46. The summed E-state index contributed by atoms with van der Waals surface area (Å²) >= 11 is 1.54. The van der Waals surface area contributed by atoms with Crippen LogP contribution < -0.4 is 0 Å². The summed E-state index contributed by atoms with van der Waals surface area (Å²) in [7, 11) is 0. The van der Waals surface area contributed by atoms with Gasteiger partial charge in [0, 0.05) is 24.2 Å².